The van der Waals surface area contributed by atoms with Crippen LogP contribution in [0.4, 0.5) is 5.82 Å². The third kappa shape index (κ3) is 4.99. The van der Waals surface area contributed by atoms with Crippen molar-refractivity contribution in [3.05, 3.63) is 18.3 Å². The Balaban J connectivity index is 2.38. The van der Waals surface area contributed by atoms with Gasteiger partial charge in [0.15, 0.2) is 0 Å². The van der Waals surface area contributed by atoms with E-state index < -0.39 is 10.0 Å². The van der Waals surface area contributed by atoms with E-state index in [1.165, 1.54) is 18.3 Å². The van der Waals surface area contributed by atoms with Crippen LogP contribution in [0.3, 0.4) is 0 Å². The van der Waals surface area contributed by atoms with Crippen LogP contribution in [0.5, 0.6) is 0 Å². The van der Waals surface area contributed by atoms with E-state index in [9.17, 15) is 8.42 Å². The molecule has 0 bridgehead atoms. The molecule has 0 amide bonds. The average molecular weight is 273 g/mol. The number of nitrogens with zero attached hydrogens (tertiary/aromatic N) is 1. The van der Waals surface area contributed by atoms with Crippen LogP contribution in [0.1, 0.15) is 19.8 Å². The molecule has 7 heteroatoms. The molecule has 0 aromatic carbocycles. The lowest BCUT2D eigenvalue weighted by atomic mass is 10.4. The quantitative estimate of drug-likeness (QED) is 0.682. The Morgan fingerprint density at radius 1 is 1.39 bits per heavy atom. The van der Waals surface area contributed by atoms with E-state index in [-0.39, 0.29) is 4.90 Å². The molecule has 0 spiro atoms. The topological polar surface area (TPSA) is 94.3 Å². The lowest BCUT2D eigenvalue weighted by Gasteiger charge is -2.06. The Bertz CT molecular complexity index is 445. The van der Waals surface area contributed by atoms with Gasteiger partial charge in [0.2, 0.25) is 10.0 Å². The fraction of sp³-hybridized carbons (Fsp3) is 0.545. The lowest BCUT2D eigenvalue weighted by molar-refractivity contribution is 0.133. The molecule has 3 N–H and O–H groups in total. The minimum Gasteiger partial charge on any atom is -0.384 e. The number of hydrogen-bond donors (Lipinski definition) is 2. The molecular formula is C11H19N3O3S. The Morgan fingerprint density at radius 2 is 2.17 bits per heavy atom. The largest absolute Gasteiger partial charge is 0.384 e. The molecule has 0 fully saturated rings. The molecule has 0 saturated heterocycles. The monoisotopic (exact) mass is 273 g/mol. The maximum atomic E-state index is 11.8. The summed E-state index contributed by atoms with van der Waals surface area (Å²) in [7, 11) is -3.49. The molecule has 18 heavy (non-hydrogen) atoms. The van der Waals surface area contributed by atoms with Gasteiger partial charge in [-0.1, -0.05) is 6.92 Å². The van der Waals surface area contributed by atoms with Gasteiger partial charge in [-0.2, -0.15) is 0 Å². The molecule has 0 aliphatic carbocycles. The normalized spacial score (nSPS) is 11.6. The summed E-state index contributed by atoms with van der Waals surface area (Å²) in [6.07, 6.45) is 2.84. The van der Waals surface area contributed by atoms with Gasteiger partial charge < -0.3 is 10.5 Å². The van der Waals surface area contributed by atoms with E-state index in [1.54, 1.807) is 0 Å². The SMILES string of the molecule is CCCOCCCNS(=O)(=O)c1ccc(N)nc1. The van der Waals surface area contributed by atoms with Gasteiger partial charge >= 0.3 is 0 Å². The fourth-order valence-corrected chi connectivity index (χ4v) is 2.28. The fourth-order valence-electron chi connectivity index (χ4n) is 1.26. The van der Waals surface area contributed by atoms with Crippen molar-refractivity contribution in [2.45, 2.75) is 24.7 Å². The predicted octanol–water partition coefficient (Wildman–Crippen LogP) is 0.759. The summed E-state index contributed by atoms with van der Waals surface area (Å²) in [6.45, 7) is 3.62. The summed E-state index contributed by atoms with van der Waals surface area (Å²) >= 11 is 0. The van der Waals surface area contributed by atoms with E-state index in [0.29, 0.717) is 32.0 Å². The van der Waals surface area contributed by atoms with Gasteiger partial charge in [0.25, 0.3) is 0 Å². The summed E-state index contributed by atoms with van der Waals surface area (Å²) in [5.41, 5.74) is 5.40. The van der Waals surface area contributed by atoms with Crippen LogP contribution >= 0.6 is 0 Å². The third-order valence-corrected chi connectivity index (χ3v) is 3.62. The predicted molar refractivity (Wildman–Crippen MR) is 69.6 cm³/mol. The minimum absolute atomic E-state index is 0.117. The minimum atomic E-state index is -3.49. The van der Waals surface area contributed by atoms with Gasteiger partial charge in [-0.05, 0) is 25.0 Å². The van der Waals surface area contributed by atoms with Crippen LogP contribution in [0, 0.1) is 0 Å². The first-order chi connectivity index (χ1) is 8.56. The lowest BCUT2D eigenvalue weighted by Crippen LogP contribution is -2.25. The first-order valence-electron chi connectivity index (χ1n) is 5.85. The van der Waals surface area contributed by atoms with E-state index in [1.807, 2.05) is 6.92 Å². The van der Waals surface area contributed by atoms with Crippen molar-refractivity contribution in [3.8, 4) is 0 Å². The number of ether oxygens (including phenoxy) is 1. The number of aromatic nitrogens is 1. The molecule has 0 unspecified atom stereocenters. The smallest absolute Gasteiger partial charge is 0.242 e. The number of rotatable bonds is 8. The second-order valence-electron chi connectivity index (χ2n) is 3.78. The first-order valence-corrected chi connectivity index (χ1v) is 7.33. The Morgan fingerprint density at radius 3 is 2.78 bits per heavy atom. The average Bonchev–Trinajstić information content (AvgIpc) is 2.34. The van der Waals surface area contributed by atoms with E-state index in [0.717, 1.165) is 6.42 Å². The van der Waals surface area contributed by atoms with Gasteiger partial charge in [-0.15, -0.1) is 0 Å². The first kappa shape index (κ1) is 14.9. The summed E-state index contributed by atoms with van der Waals surface area (Å²) in [6, 6.07) is 2.89. The second kappa shape index (κ2) is 7.30. The zero-order chi connectivity index (χ0) is 13.4. The zero-order valence-corrected chi connectivity index (χ0v) is 11.2. The highest BCUT2D eigenvalue weighted by atomic mass is 32.2. The van der Waals surface area contributed by atoms with Gasteiger partial charge in [0, 0.05) is 26.0 Å². The Hall–Kier alpha value is -1.18. The van der Waals surface area contributed by atoms with Gasteiger partial charge in [-0.3, -0.25) is 0 Å². The molecule has 1 aromatic heterocycles. The molecule has 0 aliphatic rings. The van der Waals surface area contributed by atoms with Crippen molar-refractivity contribution in [3.63, 3.8) is 0 Å². The van der Waals surface area contributed by atoms with Crippen LogP contribution in [-0.2, 0) is 14.8 Å². The van der Waals surface area contributed by atoms with Crippen molar-refractivity contribution in [2.24, 2.45) is 0 Å². The number of nitrogens with one attached hydrogen (secondary N) is 1. The van der Waals surface area contributed by atoms with Crippen LogP contribution < -0.4 is 10.5 Å². The zero-order valence-electron chi connectivity index (χ0n) is 10.4. The molecule has 0 atom stereocenters. The molecule has 1 aromatic rings. The van der Waals surface area contributed by atoms with Crippen molar-refractivity contribution >= 4 is 15.8 Å². The summed E-state index contributed by atoms with van der Waals surface area (Å²) in [5.74, 6) is 0.293. The summed E-state index contributed by atoms with van der Waals surface area (Å²) < 4.78 is 31.3. The molecular weight excluding hydrogens is 254 g/mol. The van der Waals surface area contributed by atoms with Gasteiger partial charge in [0.1, 0.15) is 10.7 Å². The summed E-state index contributed by atoms with van der Waals surface area (Å²) in [5, 5.41) is 0. The summed E-state index contributed by atoms with van der Waals surface area (Å²) in [4.78, 5) is 3.86. The van der Waals surface area contributed by atoms with Crippen LogP contribution in [0.15, 0.2) is 23.2 Å². The van der Waals surface area contributed by atoms with Gasteiger partial charge in [0.05, 0.1) is 0 Å². The Labute approximate surface area is 108 Å². The molecule has 0 radical (unpaired) electrons. The number of nitrogen functional groups attached to an aromatic ring is 1. The van der Waals surface area contributed by atoms with Crippen molar-refractivity contribution < 1.29 is 13.2 Å². The van der Waals surface area contributed by atoms with Crippen LogP contribution in [-0.4, -0.2) is 33.2 Å². The standard InChI is InChI=1S/C11H19N3O3S/c1-2-7-17-8-3-6-14-18(15,16)10-4-5-11(12)13-9-10/h4-5,9,14H,2-3,6-8H2,1H3,(H2,12,13). The number of nitrogens with two attached hydrogens (primary N) is 1. The number of hydrogen-bond acceptors (Lipinski definition) is 5. The molecule has 0 saturated carbocycles. The highest BCUT2D eigenvalue weighted by Crippen LogP contribution is 2.08. The number of pyridine rings is 1. The number of sulfonamides is 1. The molecule has 102 valence electrons. The van der Waals surface area contributed by atoms with Crippen LogP contribution in [0.2, 0.25) is 0 Å². The van der Waals surface area contributed by atoms with Gasteiger partial charge in [-0.25, -0.2) is 18.1 Å². The van der Waals surface area contributed by atoms with Crippen molar-refractivity contribution in [2.75, 3.05) is 25.5 Å². The Kier molecular flexibility index (Phi) is 6.03. The van der Waals surface area contributed by atoms with Crippen molar-refractivity contribution in [1.82, 2.24) is 9.71 Å². The maximum Gasteiger partial charge on any atom is 0.242 e. The van der Waals surface area contributed by atoms with E-state index in [2.05, 4.69) is 9.71 Å². The highest BCUT2D eigenvalue weighted by molar-refractivity contribution is 7.89. The maximum absolute atomic E-state index is 11.8. The molecule has 1 rings (SSSR count). The third-order valence-electron chi connectivity index (χ3n) is 2.18. The van der Waals surface area contributed by atoms with E-state index >= 15 is 0 Å². The van der Waals surface area contributed by atoms with Crippen molar-refractivity contribution in [1.29, 1.82) is 0 Å². The number of anilines is 1. The van der Waals surface area contributed by atoms with E-state index in [4.69, 9.17) is 10.5 Å². The molecule has 6 nitrogen and oxygen atoms in total. The van der Waals surface area contributed by atoms with Crippen LogP contribution in [0.25, 0.3) is 0 Å². The molecule has 1 heterocycles. The highest BCUT2D eigenvalue weighted by Gasteiger charge is 2.13. The molecule has 0 aliphatic heterocycles. The second-order valence-corrected chi connectivity index (χ2v) is 5.55.